The Morgan fingerprint density at radius 2 is 1.87 bits per heavy atom. The summed E-state index contributed by atoms with van der Waals surface area (Å²) in [6, 6.07) is 14.7. The molecule has 1 aliphatic carbocycles. The lowest BCUT2D eigenvalue weighted by Crippen LogP contribution is -2.12. The number of halogens is 1. The minimum atomic E-state index is -0.224. The monoisotopic (exact) mass is 433 g/mol. The molecule has 0 saturated heterocycles. The molecule has 5 rings (SSSR count). The van der Waals surface area contributed by atoms with Crippen molar-refractivity contribution in [1.82, 2.24) is 19.9 Å². The van der Waals surface area contributed by atoms with Gasteiger partial charge in [0.1, 0.15) is 0 Å². The Kier molecular flexibility index (Phi) is 5.03. The quantitative estimate of drug-likeness (QED) is 0.455. The van der Waals surface area contributed by atoms with Gasteiger partial charge in [0.05, 0.1) is 16.9 Å². The predicted molar refractivity (Wildman–Crippen MR) is 118 cm³/mol. The van der Waals surface area contributed by atoms with E-state index in [0.717, 1.165) is 30.0 Å². The van der Waals surface area contributed by atoms with Gasteiger partial charge in [0.15, 0.2) is 0 Å². The van der Waals surface area contributed by atoms with Gasteiger partial charge in [-0.3, -0.25) is 4.79 Å². The molecule has 0 spiro atoms. The van der Waals surface area contributed by atoms with Gasteiger partial charge in [-0.1, -0.05) is 23.2 Å². The Labute approximate surface area is 184 Å². The van der Waals surface area contributed by atoms with Crippen molar-refractivity contribution in [3.8, 4) is 17.1 Å². The number of nitrogens with zero attached hydrogens (tertiary/aromatic N) is 4. The van der Waals surface area contributed by atoms with Crippen LogP contribution >= 0.6 is 11.6 Å². The van der Waals surface area contributed by atoms with E-state index < -0.39 is 0 Å². The number of nitrogens with one attached hydrogen (secondary N) is 1. The van der Waals surface area contributed by atoms with Gasteiger partial charge < -0.3 is 9.84 Å². The SMILES string of the molecule is Cc1nn(-c2ccc(-c3noc(C4CCC4)n3)cc2)cc1C(=O)Nc1ccc(Cl)cc1. The fourth-order valence-corrected chi connectivity index (χ4v) is 3.61. The van der Waals surface area contributed by atoms with Crippen LogP contribution < -0.4 is 5.32 Å². The first kappa shape index (κ1) is 19.5. The van der Waals surface area contributed by atoms with E-state index >= 15 is 0 Å². The highest BCUT2D eigenvalue weighted by Gasteiger charge is 2.25. The van der Waals surface area contributed by atoms with Gasteiger partial charge in [-0.25, -0.2) is 4.68 Å². The van der Waals surface area contributed by atoms with Crippen LogP contribution in [0, 0.1) is 6.92 Å². The van der Waals surface area contributed by atoms with Crippen molar-refractivity contribution in [2.24, 2.45) is 0 Å². The van der Waals surface area contributed by atoms with Crippen LogP contribution in [0.2, 0.25) is 5.02 Å². The van der Waals surface area contributed by atoms with Gasteiger partial charge in [0.25, 0.3) is 5.91 Å². The first-order chi connectivity index (χ1) is 15.1. The first-order valence-electron chi connectivity index (χ1n) is 10.1. The first-order valence-corrected chi connectivity index (χ1v) is 10.5. The molecule has 0 unspecified atom stereocenters. The van der Waals surface area contributed by atoms with Crippen molar-refractivity contribution in [2.45, 2.75) is 32.1 Å². The third-order valence-corrected chi connectivity index (χ3v) is 5.78. The van der Waals surface area contributed by atoms with Crippen molar-refractivity contribution in [3.63, 3.8) is 0 Å². The number of amides is 1. The fraction of sp³-hybridized carbons (Fsp3) is 0.217. The number of benzene rings is 2. The Balaban J connectivity index is 1.33. The second kappa shape index (κ2) is 8.00. The molecular weight excluding hydrogens is 414 g/mol. The minimum absolute atomic E-state index is 0.224. The van der Waals surface area contributed by atoms with Crippen LogP contribution in [0.15, 0.2) is 59.3 Å². The second-order valence-electron chi connectivity index (χ2n) is 7.66. The number of anilines is 1. The van der Waals surface area contributed by atoms with E-state index in [4.69, 9.17) is 16.1 Å². The number of aryl methyl sites for hydroxylation is 1. The molecule has 1 saturated carbocycles. The third-order valence-electron chi connectivity index (χ3n) is 5.53. The lowest BCUT2D eigenvalue weighted by Gasteiger charge is -2.20. The smallest absolute Gasteiger partial charge is 0.259 e. The van der Waals surface area contributed by atoms with Gasteiger partial charge in [0.2, 0.25) is 11.7 Å². The van der Waals surface area contributed by atoms with Gasteiger partial charge in [-0.2, -0.15) is 10.1 Å². The molecule has 31 heavy (non-hydrogen) atoms. The highest BCUT2D eigenvalue weighted by atomic mass is 35.5. The number of aromatic nitrogens is 4. The van der Waals surface area contributed by atoms with Gasteiger partial charge in [-0.15, -0.1) is 0 Å². The van der Waals surface area contributed by atoms with E-state index in [0.29, 0.717) is 33.7 Å². The van der Waals surface area contributed by atoms with E-state index in [9.17, 15) is 4.79 Å². The number of rotatable bonds is 5. The van der Waals surface area contributed by atoms with Gasteiger partial charge >= 0.3 is 0 Å². The number of carbonyl (C=O) groups is 1. The van der Waals surface area contributed by atoms with E-state index in [1.807, 2.05) is 31.2 Å². The van der Waals surface area contributed by atoms with E-state index in [2.05, 4.69) is 20.6 Å². The molecule has 0 radical (unpaired) electrons. The van der Waals surface area contributed by atoms with Crippen LogP contribution in [-0.4, -0.2) is 25.8 Å². The molecule has 2 heterocycles. The highest BCUT2D eigenvalue weighted by molar-refractivity contribution is 6.30. The maximum Gasteiger partial charge on any atom is 0.259 e. The molecule has 1 fully saturated rings. The van der Waals surface area contributed by atoms with Crippen LogP contribution in [0.25, 0.3) is 17.1 Å². The Hall–Kier alpha value is -3.45. The van der Waals surface area contributed by atoms with Crippen molar-refractivity contribution in [2.75, 3.05) is 5.32 Å². The van der Waals surface area contributed by atoms with Crippen LogP contribution in [0.5, 0.6) is 0 Å². The summed E-state index contributed by atoms with van der Waals surface area (Å²) < 4.78 is 7.09. The van der Waals surface area contributed by atoms with Gasteiger partial charge in [0, 0.05) is 28.4 Å². The van der Waals surface area contributed by atoms with Crippen LogP contribution in [0.1, 0.15) is 47.1 Å². The van der Waals surface area contributed by atoms with Crippen molar-refractivity contribution >= 4 is 23.2 Å². The predicted octanol–water partition coefficient (Wildman–Crippen LogP) is 5.40. The lowest BCUT2D eigenvalue weighted by molar-refractivity contribution is 0.102. The van der Waals surface area contributed by atoms with Crippen LogP contribution in [0.3, 0.4) is 0 Å². The van der Waals surface area contributed by atoms with Gasteiger partial charge in [-0.05, 0) is 68.3 Å². The summed E-state index contributed by atoms with van der Waals surface area (Å²) >= 11 is 5.90. The molecule has 156 valence electrons. The Morgan fingerprint density at radius 1 is 1.13 bits per heavy atom. The standard InChI is InChI=1S/C23H20ClN5O2/c1-14-20(22(30)25-18-9-7-17(24)8-10-18)13-29(27-14)19-11-5-15(6-12-19)21-26-23(31-28-21)16-3-2-4-16/h5-13,16H,2-4H2,1H3,(H,25,30). The maximum absolute atomic E-state index is 12.7. The van der Waals surface area contributed by atoms with Crippen LogP contribution in [0.4, 0.5) is 5.69 Å². The normalized spacial score (nSPS) is 13.7. The third kappa shape index (κ3) is 3.96. The zero-order chi connectivity index (χ0) is 21.4. The summed E-state index contributed by atoms with van der Waals surface area (Å²) in [5.41, 5.74) is 3.52. The maximum atomic E-state index is 12.7. The Bertz CT molecular complexity index is 1220. The molecule has 1 aliphatic rings. The van der Waals surface area contributed by atoms with E-state index in [1.165, 1.54) is 6.42 Å². The molecule has 7 nitrogen and oxygen atoms in total. The van der Waals surface area contributed by atoms with E-state index in [1.54, 1.807) is 35.1 Å². The summed E-state index contributed by atoms with van der Waals surface area (Å²) in [5, 5.41) is 12.1. The summed E-state index contributed by atoms with van der Waals surface area (Å²) in [6.07, 6.45) is 5.18. The average molecular weight is 434 g/mol. The minimum Gasteiger partial charge on any atom is -0.339 e. The molecule has 0 bridgehead atoms. The molecule has 1 amide bonds. The number of hydrogen-bond acceptors (Lipinski definition) is 5. The van der Waals surface area contributed by atoms with E-state index in [-0.39, 0.29) is 5.91 Å². The highest BCUT2D eigenvalue weighted by Crippen LogP contribution is 2.36. The number of carbonyl (C=O) groups excluding carboxylic acids is 1. The summed E-state index contributed by atoms with van der Waals surface area (Å²) in [7, 11) is 0. The molecule has 0 aliphatic heterocycles. The molecular formula is C23H20ClN5O2. The molecule has 1 N–H and O–H groups in total. The average Bonchev–Trinajstić information content (AvgIpc) is 3.36. The second-order valence-corrected chi connectivity index (χ2v) is 8.10. The molecule has 0 atom stereocenters. The summed E-state index contributed by atoms with van der Waals surface area (Å²) in [6.45, 7) is 1.81. The summed E-state index contributed by atoms with van der Waals surface area (Å²) in [4.78, 5) is 17.2. The topological polar surface area (TPSA) is 85.8 Å². The number of hydrogen-bond donors (Lipinski definition) is 1. The molecule has 4 aromatic rings. The van der Waals surface area contributed by atoms with Crippen molar-refractivity contribution in [1.29, 1.82) is 0 Å². The Morgan fingerprint density at radius 3 is 2.55 bits per heavy atom. The molecule has 8 heteroatoms. The molecule has 2 aromatic heterocycles. The van der Waals surface area contributed by atoms with Crippen molar-refractivity contribution < 1.29 is 9.32 Å². The zero-order valence-corrected chi connectivity index (χ0v) is 17.6. The van der Waals surface area contributed by atoms with Crippen molar-refractivity contribution in [3.05, 3.63) is 76.9 Å². The fourth-order valence-electron chi connectivity index (χ4n) is 3.48. The van der Waals surface area contributed by atoms with Crippen LogP contribution in [-0.2, 0) is 0 Å². The largest absolute Gasteiger partial charge is 0.339 e. The lowest BCUT2D eigenvalue weighted by atomic mass is 9.85. The zero-order valence-electron chi connectivity index (χ0n) is 16.9. The summed E-state index contributed by atoms with van der Waals surface area (Å²) in [5.74, 6) is 1.50. The molecule has 2 aromatic carbocycles.